The first kappa shape index (κ1) is 15.7. The number of aromatic nitrogens is 2. The predicted molar refractivity (Wildman–Crippen MR) is 74.9 cm³/mol. The Bertz CT molecular complexity index is 411. The van der Waals surface area contributed by atoms with Crippen LogP contribution in [0.3, 0.4) is 0 Å². The average Bonchev–Trinajstić information content (AvgIpc) is 2.68. The second kappa shape index (κ2) is 7.28. The molecule has 108 valence electrons. The van der Waals surface area contributed by atoms with Crippen molar-refractivity contribution in [1.82, 2.24) is 14.7 Å². The molecule has 1 heterocycles. The van der Waals surface area contributed by atoms with Crippen molar-refractivity contribution in [2.75, 3.05) is 13.2 Å². The molecule has 0 aliphatic rings. The Morgan fingerprint density at radius 3 is 2.47 bits per heavy atom. The molecule has 0 bridgehead atoms. The molecule has 0 saturated heterocycles. The molecule has 5 nitrogen and oxygen atoms in total. The molecule has 0 aliphatic heterocycles. The van der Waals surface area contributed by atoms with Gasteiger partial charge in [0.25, 0.3) is 0 Å². The molecule has 1 aromatic heterocycles. The van der Waals surface area contributed by atoms with Crippen LogP contribution in [0, 0.1) is 13.8 Å². The van der Waals surface area contributed by atoms with E-state index in [1.807, 2.05) is 19.9 Å². The van der Waals surface area contributed by atoms with Gasteiger partial charge < -0.3 is 10.0 Å². The Morgan fingerprint density at radius 1 is 1.42 bits per heavy atom. The highest BCUT2D eigenvalue weighted by Crippen LogP contribution is 2.10. The molecule has 1 aromatic rings. The van der Waals surface area contributed by atoms with Crippen LogP contribution in [0.4, 0.5) is 0 Å². The van der Waals surface area contributed by atoms with Crippen LogP contribution in [-0.2, 0) is 11.3 Å². The molecule has 0 unspecified atom stereocenters. The van der Waals surface area contributed by atoms with Gasteiger partial charge in [0.2, 0.25) is 5.91 Å². The molecule has 0 saturated carbocycles. The molecule has 0 atom stereocenters. The van der Waals surface area contributed by atoms with Gasteiger partial charge in [-0.3, -0.25) is 9.48 Å². The number of carbonyl (C=O) groups is 1. The number of nitrogens with zero attached hydrogens (tertiary/aromatic N) is 3. The molecule has 0 fully saturated rings. The topological polar surface area (TPSA) is 58.4 Å². The van der Waals surface area contributed by atoms with E-state index >= 15 is 0 Å². The van der Waals surface area contributed by atoms with Gasteiger partial charge in [-0.15, -0.1) is 0 Å². The van der Waals surface area contributed by atoms with Crippen LogP contribution < -0.4 is 0 Å². The lowest BCUT2D eigenvalue weighted by Crippen LogP contribution is -2.43. The smallest absolute Gasteiger partial charge is 0.244 e. The first-order valence-electron chi connectivity index (χ1n) is 6.94. The summed E-state index contributed by atoms with van der Waals surface area (Å²) in [6.07, 6.45) is 1.80. The number of hydrogen-bond acceptors (Lipinski definition) is 3. The van der Waals surface area contributed by atoms with Gasteiger partial charge in [-0.05, 0) is 32.8 Å². The zero-order chi connectivity index (χ0) is 14.4. The lowest BCUT2D eigenvalue weighted by atomic mass is 10.1. The van der Waals surface area contributed by atoms with Gasteiger partial charge in [0.1, 0.15) is 6.54 Å². The van der Waals surface area contributed by atoms with E-state index in [0.717, 1.165) is 24.2 Å². The SMILES string of the molecule is CCC(CC)N(CCO)C(=O)Cn1nc(C)cc1C. The maximum Gasteiger partial charge on any atom is 0.244 e. The van der Waals surface area contributed by atoms with Crippen molar-refractivity contribution < 1.29 is 9.90 Å². The summed E-state index contributed by atoms with van der Waals surface area (Å²) in [7, 11) is 0. The van der Waals surface area contributed by atoms with E-state index in [0.29, 0.717) is 6.54 Å². The van der Waals surface area contributed by atoms with Crippen molar-refractivity contribution in [3.05, 3.63) is 17.5 Å². The molecule has 1 N–H and O–H groups in total. The molecule has 1 rings (SSSR count). The molecule has 0 radical (unpaired) electrons. The fourth-order valence-corrected chi connectivity index (χ4v) is 2.40. The molecule has 0 aromatic carbocycles. The monoisotopic (exact) mass is 267 g/mol. The van der Waals surface area contributed by atoms with Crippen molar-refractivity contribution in [1.29, 1.82) is 0 Å². The summed E-state index contributed by atoms with van der Waals surface area (Å²) in [6, 6.07) is 2.15. The Labute approximate surface area is 115 Å². The normalized spacial score (nSPS) is 11.1. The van der Waals surface area contributed by atoms with Crippen molar-refractivity contribution in [2.45, 2.75) is 53.1 Å². The fraction of sp³-hybridized carbons (Fsp3) is 0.714. The molecular weight excluding hydrogens is 242 g/mol. The molecule has 0 spiro atoms. The van der Waals surface area contributed by atoms with Crippen LogP contribution in [0.1, 0.15) is 38.1 Å². The lowest BCUT2D eigenvalue weighted by Gasteiger charge is -2.30. The van der Waals surface area contributed by atoms with E-state index < -0.39 is 0 Å². The highest BCUT2D eigenvalue weighted by Gasteiger charge is 2.21. The van der Waals surface area contributed by atoms with Gasteiger partial charge in [0.05, 0.1) is 12.3 Å². The molecule has 1 amide bonds. The summed E-state index contributed by atoms with van der Waals surface area (Å²) in [6.45, 7) is 8.63. The zero-order valence-corrected chi connectivity index (χ0v) is 12.4. The van der Waals surface area contributed by atoms with E-state index in [1.165, 1.54) is 0 Å². The predicted octanol–water partition coefficient (Wildman–Crippen LogP) is 1.51. The highest BCUT2D eigenvalue weighted by atomic mass is 16.3. The summed E-state index contributed by atoms with van der Waals surface area (Å²) < 4.78 is 1.73. The minimum Gasteiger partial charge on any atom is -0.395 e. The minimum absolute atomic E-state index is 0.000638. The van der Waals surface area contributed by atoms with Crippen LogP contribution in [0.15, 0.2) is 6.07 Å². The van der Waals surface area contributed by atoms with Crippen molar-refractivity contribution >= 4 is 5.91 Å². The summed E-state index contributed by atoms with van der Waals surface area (Å²) in [5.41, 5.74) is 1.90. The second-order valence-electron chi connectivity index (χ2n) is 4.87. The molecule has 0 aliphatic carbocycles. The average molecular weight is 267 g/mol. The number of amides is 1. The second-order valence-corrected chi connectivity index (χ2v) is 4.87. The van der Waals surface area contributed by atoms with E-state index in [1.54, 1.807) is 9.58 Å². The van der Waals surface area contributed by atoms with E-state index in [4.69, 9.17) is 5.11 Å². The van der Waals surface area contributed by atoms with Gasteiger partial charge in [-0.2, -0.15) is 5.10 Å². The minimum atomic E-state index is -0.000638. The number of aryl methyl sites for hydroxylation is 2. The Hall–Kier alpha value is -1.36. The van der Waals surface area contributed by atoms with Gasteiger partial charge >= 0.3 is 0 Å². The van der Waals surface area contributed by atoms with Crippen LogP contribution in [0.2, 0.25) is 0 Å². The summed E-state index contributed by atoms with van der Waals surface area (Å²) in [5.74, 6) is 0.0222. The zero-order valence-electron chi connectivity index (χ0n) is 12.4. The Balaban J connectivity index is 2.79. The van der Waals surface area contributed by atoms with E-state index in [2.05, 4.69) is 18.9 Å². The third-order valence-electron chi connectivity index (χ3n) is 3.43. The van der Waals surface area contributed by atoms with Crippen LogP contribution >= 0.6 is 0 Å². The van der Waals surface area contributed by atoms with Crippen LogP contribution in [0.25, 0.3) is 0 Å². The number of aliphatic hydroxyl groups excluding tert-OH is 1. The fourth-order valence-electron chi connectivity index (χ4n) is 2.40. The largest absolute Gasteiger partial charge is 0.395 e. The van der Waals surface area contributed by atoms with Gasteiger partial charge in [-0.1, -0.05) is 13.8 Å². The van der Waals surface area contributed by atoms with Crippen molar-refractivity contribution in [2.24, 2.45) is 0 Å². The number of carbonyl (C=O) groups excluding carboxylic acids is 1. The summed E-state index contributed by atoms with van der Waals surface area (Å²) >= 11 is 0. The molecular formula is C14H25N3O2. The highest BCUT2D eigenvalue weighted by molar-refractivity contribution is 5.76. The van der Waals surface area contributed by atoms with E-state index in [9.17, 15) is 4.79 Å². The van der Waals surface area contributed by atoms with Crippen LogP contribution in [-0.4, -0.2) is 44.9 Å². The molecule has 5 heteroatoms. The number of rotatable bonds is 7. The number of hydrogen-bond donors (Lipinski definition) is 1. The van der Waals surface area contributed by atoms with Crippen LogP contribution in [0.5, 0.6) is 0 Å². The van der Waals surface area contributed by atoms with E-state index in [-0.39, 0.29) is 25.1 Å². The third kappa shape index (κ3) is 4.06. The first-order valence-corrected chi connectivity index (χ1v) is 6.94. The Morgan fingerprint density at radius 2 is 2.05 bits per heavy atom. The summed E-state index contributed by atoms with van der Waals surface area (Å²) in [5, 5.41) is 13.4. The van der Waals surface area contributed by atoms with Crippen molar-refractivity contribution in [3.8, 4) is 0 Å². The Kier molecular flexibility index (Phi) is 6.02. The maximum atomic E-state index is 12.4. The summed E-state index contributed by atoms with van der Waals surface area (Å²) in [4.78, 5) is 14.2. The standard InChI is InChI=1S/C14H25N3O2/c1-5-13(6-2)16(7-8-18)14(19)10-17-12(4)9-11(3)15-17/h9,13,18H,5-8,10H2,1-4H3. The van der Waals surface area contributed by atoms with Gasteiger partial charge in [-0.25, -0.2) is 0 Å². The van der Waals surface area contributed by atoms with Gasteiger partial charge in [0, 0.05) is 18.3 Å². The maximum absolute atomic E-state index is 12.4. The molecule has 19 heavy (non-hydrogen) atoms. The quantitative estimate of drug-likeness (QED) is 0.814. The van der Waals surface area contributed by atoms with Crippen molar-refractivity contribution in [3.63, 3.8) is 0 Å². The van der Waals surface area contributed by atoms with Gasteiger partial charge in [0.15, 0.2) is 0 Å². The number of aliphatic hydroxyl groups is 1. The third-order valence-corrected chi connectivity index (χ3v) is 3.43. The first-order chi connectivity index (χ1) is 9.03. The lowest BCUT2D eigenvalue weighted by molar-refractivity contribution is -0.135.